The lowest BCUT2D eigenvalue weighted by molar-refractivity contribution is -0.136. The number of primary amides is 1. The van der Waals surface area contributed by atoms with Crippen LogP contribution >= 0.6 is 15.9 Å². The second-order valence-corrected chi connectivity index (χ2v) is 18.0. The van der Waals surface area contributed by atoms with Gasteiger partial charge in [0.15, 0.2) is 0 Å². The van der Waals surface area contributed by atoms with Gasteiger partial charge in [0.05, 0.1) is 39.2 Å². The third-order valence-corrected chi connectivity index (χ3v) is 13.3. The summed E-state index contributed by atoms with van der Waals surface area (Å²) in [6.07, 6.45) is 3.81. The summed E-state index contributed by atoms with van der Waals surface area (Å²) in [6.45, 7) is 2.50. The highest BCUT2D eigenvalue weighted by molar-refractivity contribution is 9.10. The number of imide groups is 2. The zero-order valence-electron chi connectivity index (χ0n) is 33.6. The zero-order chi connectivity index (χ0) is 44.1. The first-order valence-corrected chi connectivity index (χ1v) is 22.4. The maximum absolute atomic E-state index is 13.3. The van der Waals surface area contributed by atoms with E-state index < -0.39 is 51.5 Å². The minimum absolute atomic E-state index is 0.0244. The second kappa shape index (κ2) is 18.8. The number of nitrogens with zero attached hydrogens (tertiary/aromatic N) is 4. The molecule has 2 fully saturated rings. The van der Waals surface area contributed by atoms with Crippen LogP contribution in [0, 0.1) is 6.92 Å². The standard InChI is InChI=1S/C42H44BrN9O9S/c1-24-5-2-8-30(34(24)36(44)54)48-37-29(43)23-46-42(50-37)47-27-16-19-51(20-17-27)62(59,60)22-18-45-38(55)26-12-10-25(11-13-26)6-4-21-61-32-9-3-7-28-35(32)41(58)52(40(28)57)31-14-15-33(53)49-39(31)56/h2-3,5,7-13,23,27,31H,4,6,14-22H2,1H3,(H2,44,54)(H,45,55)(H,49,53,56)(H2,46,47,48,50). The van der Waals surface area contributed by atoms with Gasteiger partial charge in [0.25, 0.3) is 23.6 Å². The molecule has 3 aliphatic rings. The molecule has 2 saturated heterocycles. The quantitative estimate of drug-likeness (QED) is 0.0799. The number of halogens is 1. The molecule has 6 amide bonds. The van der Waals surface area contributed by atoms with Crippen molar-refractivity contribution in [2.45, 2.75) is 57.5 Å². The van der Waals surface area contributed by atoms with Crippen molar-refractivity contribution >= 4 is 78.8 Å². The number of benzene rings is 3. The van der Waals surface area contributed by atoms with E-state index in [0.29, 0.717) is 58.7 Å². The number of aryl methyl sites for hydroxylation is 2. The number of carbonyl (C=O) groups excluding carboxylic acids is 6. The zero-order valence-corrected chi connectivity index (χ0v) is 36.0. The predicted octanol–water partition coefficient (Wildman–Crippen LogP) is 3.44. The Bertz CT molecular complexity index is 2550. The van der Waals surface area contributed by atoms with E-state index in [1.165, 1.54) is 10.4 Å². The van der Waals surface area contributed by atoms with E-state index in [1.807, 2.05) is 0 Å². The summed E-state index contributed by atoms with van der Waals surface area (Å²) in [6, 6.07) is 15.8. The van der Waals surface area contributed by atoms with Gasteiger partial charge in [-0.25, -0.2) is 17.7 Å². The number of nitrogens with one attached hydrogen (secondary N) is 4. The van der Waals surface area contributed by atoms with Crippen molar-refractivity contribution in [3.63, 3.8) is 0 Å². The minimum atomic E-state index is -3.65. The molecule has 3 aromatic carbocycles. The number of sulfonamides is 1. The first kappa shape index (κ1) is 43.8. The van der Waals surface area contributed by atoms with Crippen molar-refractivity contribution in [1.29, 1.82) is 0 Å². The summed E-state index contributed by atoms with van der Waals surface area (Å²) < 4.78 is 34.3. The van der Waals surface area contributed by atoms with Gasteiger partial charge >= 0.3 is 0 Å². The highest BCUT2D eigenvalue weighted by atomic mass is 79.9. The fraction of sp³-hybridized carbons (Fsp3) is 0.333. The molecule has 4 heterocycles. The number of aromatic nitrogens is 2. The number of rotatable bonds is 16. The lowest BCUT2D eigenvalue weighted by atomic mass is 10.0. The molecule has 1 atom stereocenters. The van der Waals surface area contributed by atoms with Crippen molar-refractivity contribution in [3.05, 3.63) is 105 Å². The SMILES string of the molecule is Cc1cccc(Nc2nc(NC3CCN(S(=O)(=O)CCNC(=O)c4ccc(CCCOc5cccc6c5C(=O)N(C5CCC(=O)NC5=O)C6=O)cc4)CC3)ncc2Br)c1C(N)=O. The molecule has 7 rings (SSSR count). The normalized spacial score (nSPS) is 17.1. The molecule has 4 aromatic rings. The lowest BCUT2D eigenvalue weighted by Crippen LogP contribution is -2.54. The minimum Gasteiger partial charge on any atom is -0.493 e. The Hall–Kier alpha value is -6.25. The van der Waals surface area contributed by atoms with E-state index in [4.69, 9.17) is 10.5 Å². The number of piperidine rings is 2. The molecule has 1 aromatic heterocycles. The van der Waals surface area contributed by atoms with Gasteiger partial charge in [-0.1, -0.05) is 30.3 Å². The number of anilines is 3. The molecule has 6 N–H and O–H groups in total. The van der Waals surface area contributed by atoms with Crippen LogP contribution in [-0.4, -0.2) is 107 Å². The van der Waals surface area contributed by atoms with Gasteiger partial charge in [-0.15, -0.1) is 0 Å². The highest BCUT2D eigenvalue weighted by Gasteiger charge is 2.46. The molecule has 0 spiro atoms. The largest absolute Gasteiger partial charge is 0.493 e. The molecule has 18 nitrogen and oxygen atoms in total. The van der Waals surface area contributed by atoms with Crippen LogP contribution in [0.25, 0.3) is 0 Å². The van der Waals surface area contributed by atoms with Crippen molar-refractivity contribution in [3.8, 4) is 5.75 Å². The summed E-state index contributed by atoms with van der Waals surface area (Å²) in [4.78, 5) is 85.1. The van der Waals surface area contributed by atoms with Crippen LogP contribution in [0.3, 0.4) is 0 Å². The van der Waals surface area contributed by atoms with Gasteiger partial charge in [-0.05, 0) is 96.4 Å². The van der Waals surface area contributed by atoms with E-state index in [9.17, 15) is 37.2 Å². The van der Waals surface area contributed by atoms with Crippen LogP contribution in [0.5, 0.6) is 5.75 Å². The first-order valence-electron chi connectivity index (χ1n) is 20.0. The molecule has 0 saturated carbocycles. The maximum atomic E-state index is 13.3. The van der Waals surface area contributed by atoms with Gasteiger partial charge in [0.2, 0.25) is 27.8 Å². The number of nitrogens with two attached hydrogens (primary N) is 1. The molecule has 62 heavy (non-hydrogen) atoms. The number of ether oxygens (including phenoxy) is 1. The van der Waals surface area contributed by atoms with Crippen LogP contribution in [-0.2, 0) is 26.0 Å². The van der Waals surface area contributed by atoms with E-state index in [1.54, 1.807) is 67.7 Å². The fourth-order valence-electron chi connectivity index (χ4n) is 7.62. The second-order valence-electron chi connectivity index (χ2n) is 15.0. The van der Waals surface area contributed by atoms with Gasteiger partial charge in [-0.3, -0.25) is 39.0 Å². The van der Waals surface area contributed by atoms with E-state index in [0.717, 1.165) is 16.0 Å². The summed E-state index contributed by atoms with van der Waals surface area (Å²) >= 11 is 3.44. The molecule has 3 aliphatic heterocycles. The molecular weight excluding hydrogens is 886 g/mol. The Kier molecular flexibility index (Phi) is 13.3. The Morgan fingerprint density at radius 2 is 1.73 bits per heavy atom. The van der Waals surface area contributed by atoms with E-state index >= 15 is 0 Å². The number of carbonyl (C=O) groups is 6. The Morgan fingerprint density at radius 3 is 2.45 bits per heavy atom. The average molecular weight is 931 g/mol. The van der Waals surface area contributed by atoms with Crippen molar-refractivity contribution in [2.75, 3.05) is 42.6 Å². The van der Waals surface area contributed by atoms with Gasteiger partial charge in [0, 0.05) is 43.9 Å². The molecular formula is C42H44BrN9O9S. The van der Waals surface area contributed by atoms with Crippen LogP contribution in [0.4, 0.5) is 17.5 Å². The lowest BCUT2D eigenvalue weighted by Gasteiger charge is -2.31. The van der Waals surface area contributed by atoms with Crippen molar-refractivity contribution in [2.24, 2.45) is 5.73 Å². The average Bonchev–Trinajstić information content (AvgIpc) is 3.49. The molecule has 1 unspecified atom stereocenters. The Labute approximate surface area is 365 Å². The first-order chi connectivity index (χ1) is 29.7. The predicted molar refractivity (Wildman–Crippen MR) is 230 cm³/mol. The van der Waals surface area contributed by atoms with Gasteiger partial charge in [-0.2, -0.15) is 4.98 Å². The molecule has 0 radical (unpaired) electrons. The number of fused-ring (bicyclic) bond motifs is 1. The van der Waals surface area contributed by atoms with Gasteiger partial charge < -0.3 is 26.4 Å². The summed E-state index contributed by atoms with van der Waals surface area (Å²) in [5.74, 6) is -2.63. The van der Waals surface area contributed by atoms with E-state index in [2.05, 4.69) is 47.2 Å². The van der Waals surface area contributed by atoms with Crippen LogP contribution in [0.15, 0.2) is 71.3 Å². The highest BCUT2D eigenvalue weighted by Crippen LogP contribution is 2.34. The van der Waals surface area contributed by atoms with Gasteiger partial charge in [0.1, 0.15) is 17.6 Å². The van der Waals surface area contributed by atoms with Crippen molar-refractivity contribution in [1.82, 2.24) is 29.8 Å². The number of amides is 6. The summed E-state index contributed by atoms with van der Waals surface area (Å²) in [7, 11) is -3.65. The summed E-state index contributed by atoms with van der Waals surface area (Å²) in [5.41, 5.74) is 8.70. The molecule has 324 valence electrons. The number of hydrogen-bond acceptors (Lipinski definition) is 13. The third-order valence-electron chi connectivity index (χ3n) is 10.9. The topological polar surface area (TPSA) is 252 Å². The Morgan fingerprint density at radius 1 is 0.984 bits per heavy atom. The third kappa shape index (κ3) is 9.77. The van der Waals surface area contributed by atoms with Crippen molar-refractivity contribution < 1.29 is 41.9 Å². The summed E-state index contributed by atoms with van der Waals surface area (Å²) in [5, 5.41) is 11.3. The van der Waals surface area contributed by atoms with Crippen LogP contribution in [0.2, 0.25) is 0 Å². The smallest absolute Gasteiger partial charge is 0.266 e. The number of hydrogen-bond donors (Lipinski definition) is 5. The molecule has 0 aliphatic carbocycles. The van der Waals surface area contributed by atoms with Crippen LogP contribution < -0.4 is 31.7 Å². The molecule has 20 heteroatoms. The van der Waals surface area contributed by atoms with Crippen LogP contribution in [0.1, 0.15) is 84.7 Å². The monoisotopic (exact) mass is 929 g/mol. The maximum Gasteiger partial charge on any atom is 0.266 e. The Balaban J connectivity index is 0.829. The van der Waals surface area contributed by atoms with E-state index in [-0.39, 0.29) is 67.8 Å². The fourth-order valence-corrected chi connectivity index (χ4v) is 9.30. The molecule has 0 bridgehead atoms.